The van der Waals surface area contributed by atoms with Gasteiger partial charge in [-0.05, 0) is 74.8 Å². The van der Waals surface area contributed by atoms with E-state index in [9.17, 15) is 0 Å². The Morgan fingerprint density at radius 1 is 1.07 bits per heavy atom. The van der Waals surface area contributed by atoms with Gasteiger partial charge < -0.3 is 0 Å². The molecule has 0 amide bonds. The fraction of sp³-hybridized carbons (Fsp3) is 0.467. The average molecular weight is 199 g/mol. The van der Waals surface area contributed by atoms with Crippen molar-refractivity contribution in [2.75, 3.05) is 0 Å². The van der Waals surface area contributed by atoms with Gasteiger partial charge in [0.2, 0.25) is 0 Å². The first kappa shape index (κ1) is 11.9. The standard InChI is InChI=1S/C15H19/c1-6-7-8-9-15-13(4)11(2)10-12(3)14(15)5/h10H,7-9H2,2-5H3. The van der Waals surface area contributed by atoms with Crippen LogP contribution in [0.3, 0.4) is 0 Å². The van der Waals surface area contributed by atoms with Gasteiger partial charge in [-0.15, -0.1) is 0 Å². The van der Waals surface area contributed by atoms with E-state index in [4.69, 9.17) is 6.42 Å². The minimum atomic E-state index is 0.770. The molecule has 0 fully saturated rings. The summed E-state index contributed by atoms with van der Waals surface area (Å²) in [7, 11) is 0. The number of aryl methyl sites for hydroxylation is 2. The maximum Gasteiger partial charge on any atom is 0.0102 e. The van der Waals surface area contributed by atoms with Gasteiger partial charge in [-0.1, -0.05) is 12.0 Å². The lowest BCUT2D eigenvalue weighted by Gasteiger charge is -2.14. The lowest BCUT2D eigenvalue weighted by Crippen LogP contribution is -1.99. The van der Waals surface area contributed by atoms with Crippen LogP contribution in [-0.4, -0.2) is 0 Å². The predicted molar refractivity (Wildman–Crippen MR) is 65.5 cm³/mol. The molecule has 79 valence electrons. The molecule has 0 nitrogen and oxygen atoms in total. The molecule has 0 spiro atoms. The van der Waals surface area contributed by atoms with E-state index in [1.165, 1.54) is 27.8 Å². The van der Waals surface area contributed by atoms with Gasteiger partial charge in [-0.2, -0.15) is 0 Å². The van der Waals surface area contributed by atoms with Crippen molar-refractivity contribution in [2.24, 2.45) is 0 Å². The summed E-state index contributed by atoms with van der Waals surface area (Å²) in [6.45, 7) is 8.75. The monoisotopic (exact) mass is 199 g/mol. The van der Waals surface area contributed by atoms with E-state index in [-0.39, 0.29) is 0 Å². The van der Waals surface area contributed by atoms with Crippen LogP contribution in [0, 0.1) is 40.0 Å². The first-order valence-corrected chi connectivity index (χ1v) is 5.53. The molecule has 0 aliphatic rings. The zero-order chi connectivity index (χ0) is 11.4. The number of benzene rings is 1. The second-order valence-corrected chi connectivity index (χ2v) is 4.27. The van der Waals surface area contributed by atoms with Gasteiger partial charge in [-0.25, -0.2) is 0 Å². The first-order valence-electron chi connectivity index (χ1n) is 5.53. The Morgan fingerprint density at radius 2 is 1.60 bits per heavy atom. The summed E-state index contributed by atoms with van der Waals surface area (Å²) in [5.41, 5.74) is 7.08. The molecule has 1 radical (unpaired) electrons. The molecule has 0 aliphatic carbocycles. The average Bonchev–Trinajstić information content (AvgIpc) is 2.20. The Bertz CT molecular complexity index is 365. The normalized spacial score (nSPS) is 10.1. The van der Waals surface area contributed by atoms with Gasteiger partial charge in [0.25, 0.3) is 0 Å². The summed E-state index contributed by atoms with van der Waals surface area (Å²) < 4.78 is 0. The van der Waals surface area contributed by atoms with Crippen LogP contribution < -0.4 is 0 Å². The van der Waals surface area contributed by atoms with Gasteiger partial charge in [0.15, 0.2) is 0 Å². The van der Waals surface area contributed by atoms with Crippen LogP contribution >= 0.6 is 0 Å². The highest BCUT2D eigenvalue weighted by atomic mass is 14.1. The lowest BCUT2D eigenvalue weighted by atomic mass is 9.91. The van der Waals surface area contributed by atoms with E-state index < -0.39 is 0 Å². The van der Waals surface area contributed by atoms with Gasteiger partial charge >= 0.3 is 0 Å². The summed E-state index contributed by atoms with van der Waals surface area (Å²) in [5.74, 6) is 2.46. The molecule has 0 aliphatic heterocycles. The molecule has 0 unspecified atom stereocenters. The molecular formula is C15H19. The fourth-order valence-corrected chi connectivity index (χ4v) is 2.03. The zero-order valence-corrected chi connectivity index (χ0v) is 10.2. The molecule has 0 aromatic heterocycles. The number of rotatable bonds is 3. The Kier molecular flexibility index (Phi) is 3.97. The second-order valence-electron chi connectivity index (χ2n) is 4.27. The molecular weight excluding hydrogens is 180 g/mol. The SMILES string of the molecule is [C]#CCCCc1c(C)c(C)cc(C)c1C. The highest BCUT2D eigenvalue weighted by molar-refractivity contribution is 5.44. The van der Waals surface area contributed by atoms with Crippen molar-refractivity contribution in [1.82, 2.24) is 0 Å². The third-order valence-electron chi connectivity index (χ3n) is 3.25. The lowest BCUT2D eigenvalue weighted by molar-refractivity contribution is 0.841. The van der Waals surface area contributed by atoms with E-state index in [0.717, 1.165) is 19.3 Å². The predicted octanol–water partition coefficient (Wildman–Crippen LogP) is 3.83. The molecule has 0 heterocycles. The van der Waals surface area contributed by atoms with E-state index in [2.05, 4.69) is 39.7 Å². The maximum atomic E-state index is 6.91. The summed E-state index contributed by atoms with van der Waals surface area (Å²) in [5, 5.41) is 0. The number of hydrogen-bond acceptors (Lipinski definition) is 0. The summed E-state index contributed by atoms with van der Waals surface area (Å²) in [4.78, 5) is 0. The summed E-state index contributed by atoms with van der Waals surface area (Å²) in [6.07, 6.45) is 9.79. The van der Waals surface area contributed by atoms with Crippen molar-refractivity contribution in [3.8, 4) is 5.92 Å². The Labute approximate surface area is 93.7 Å². The van der Waals surface area contributed by atoms with Crippen LogP contribution in [0.4, 0.5) is 0 Å². The van der Waals surface area contributed by atoms with Crippen molar-refractivity contribution in [3.63, 3.8) is 0 Å². The van der Waals surface area contributed by atoms with Crippen LogP contribution in [0.2, 0.25) is 0 Å². The van der Waals surface area contributed by atoms with Gasteiger partial charge in [0.1, 0.15) is 0 Å². The van der Waals surface area contributed by atoms with E-state index in [1.54, 1.807) is 0 Å². The number of unbranched alkanes of at least 4 members (excludes halogenated alkanes) is 1. The van der Waals surface area contributed by atoms with Crippen LogP contribution in [0.5, 0.6) is 0 Å². The number of hydrogen-bond donors (Lipinski definition) is 0. The molecule has 0 heteroatoms. The van der Waals surface area contributed by atoms with Crippen LogP contribution in [0.15, 0.2) is 6.07 Å². The topological polar surface area (TPSA) is 0 Å². The van der Waals surface area contributed by atoms with Crippen molar-refractivity contribution in [3.05, 3.63) is 40.3 Å². The molecule has 0 bridgehead atoms. The van der Waals surface area contributed by atoms with E-state index in [0.29, 0.717) is 0 Å². The third kappa shape index (κ3) is 2.63. The van der Waals surface area contributed by atoms with Crippen molar-refractivity contribution >= 4 is 0 Å². The van der Waals surface area contributed by atoms with Gasteiger partial charge in [-0.3, -0.25) is 0 Å². The van der Waals surface area contributed by atoms with Crippen LogP contribution in [0.1, 0.15) is 40.7 Å². The smallest absolute Gasteiger partial charge is 0.0102 e. The Morgan fingerprint density at radius 3 is 2.07 bits per heavy atom. The molecule has 0 N–H and O–H groups in total. The van der Waals surface area contributed by atoms with Crippen LogP contribution in [-0.2, 0) is 6.42 Å². The van der Waals surface area contributed by atoms with Gasteiger partial charge in [0, 0.05) is 6.42 Å². The largest absolute Gasteiger partial charge is 0.0891 e. The highest BCUT2D eigenvalue weighted by Crippen LogP contribution is 2.23. The minimum Gasteiger partial charge on any atom is -0.0891 e. The molecule has 0 saturated heterocycles. The summed E-state index contributed by atoms with van der Waals surface area (Å²) >= 11 is 0. The van der Waals surface area contributed by atoms with Gasteiger partial charge in [0.05, 0.1) is 0 Å². The van der Waals surface area contributed by atoms with E-state index in [1.807, 2.05) is 0 Å². The fourth-order valence-electron chi connectivity index (χ4n) is 2.03. The molecule has 1 aromatic carbocycles. The molecule has 1 aromatic rings. The van der Waals surface area contributed by atoms with Crippen molar-refractivity contribution in [1.29, 1.82) is 0 Å². The second kappa shape index (κ2) is 5.03. The Hall–Kier alpha value is -1.22. The van der Waals surface area contributed by atoms with Crippen molar-refractivity contribution < 1.29 is 0 Å². The van der Waals surface area contributed by atoms with Crippen molar-refractivity contribution in [2.45, 2.75) is 47.0 Å². The quantitative estimate of drug-likeness (QED) is 0.512. The third-order valence-corrected chi connectivity index (χ3v) is 3.25. The molecule has 1 rings (SSSR count). The molecule has 0 atom stereocenters. The zero-order valence-electron chi connectivity index (χ0n) is 10.2. The van der Waals surface area contributed by atoms with Crippen LogP contribution in [0.25, 0.3) is 0 Å². The maximum absolute atomic E-state index is 6.91. The highest BCUT2D eigenvalue weighted by Gasteiger charge is 2.07. The Balaban J connectivity index is 3.00. The minimum absolute atomic E-state index is 0.770. The first-order chi connectivity index (χ1) is 7.07. The summed E-state index contributed by atoms with van der Waals surface area (Å²) in [6, 6.07) is 2.26. The van der Waals surface area contributed by atoms with E-state index >= 15 is 0 Å². The molecule has 15 heavy (non-hydrogen) atoms. The molecule has 0 saturated carbocycles.